The van der Waals surface area contributed by atoms with Crippen molar-refractivity contribution in [2.75, 3.05) is 19.6 Å². The van der Waals surface area contributed by atoms with Crippen molar-refractivity contribution >= 4 is 12.2 Å². The summed E-state index contributed by atoms with van der Waals surface area (Å²) in [7, 11) is 0. The van der Waals surface area contributed by atoms with Gasteiger partial charge in [-0.15, -0.1) is 0 Å². The van der Waals surface area contributed by atoms with Gasteiger partial charge in [0.05, 0.1) is 18.9 Å². The normalized spacial score (nSPS) is 22.7. The van der Waals surface area contributed by atoms with Crippen molar-refractivity contribution in [2.24, 2.45) is 21.7 Å². The van der Waals surface area contributed by atoms with Crippen molar-refractivity contribution in [1.82, 2.24) is 9.80 Å². The van der Waals surface area contributed by atoms with Gasteiger partial charge >= 0.3 is 0 Å². The average molecular weight is 319 g/mol. The lowest BCUT2D eigenvalue weighted by Gasteiger charge is -2.46. The zero-order chi connectivity index (χ0) is 17.6. The number of nitrogens with zero attached hydrogens (tertiary/aromatic N) is 3. The molecule has 4 heteroatoms. The Balaban J connectivity index is 2.46. The van der Waals surface area contributed by atoms with Gasteiger partial charge < -0.3 is 9.80 Å². The van der Waals surface area contributed by atoms with E-state index in [1.54, 1.807) is 0 Å². The predicted octanol–water partition coefficient (Wildman–Crippen LogP) is 3.54. The monoisotopic (exact) mass is 319 g/mol. The number of carbonyl (C=O) groups excluding carboxylic acids is 1. The van der Waals surface area contributed by atoms with E-state index in [9.17, 15) is 4.79 Å². The Morgan fingerprint density at radius 3 is 2.26 bits per heavy atom. The fourth-order valence-electron chi connectivity index (χ4n) is 3.51. The predicted molar refractivity (Wildman–Crippen MR) is 96.3 cm³/mol. The van der Waals surface area contributed by atoms with Crippen LogP contribution in [0.15, 0.2) is 16.3 Å². The van der Waals surface area contributed by atoms with Crippen LogP contribution < -0.4 is 0 Å². The van der Waals surface area contributed by atoms with E-state index in [0.29, 0.717) is 6.54 Å². The molecule has 130 valence electrons. The van der Waals surface area contributed by atoms with E-state index in [1.165, 1.54) is 11.3 Å². The van der Waals surface area contributed by atoms with Crippen LogP contribution in [0.4, 0.5) is 0 Å². The van der Waals surface area contributed by atoms with Crippen molar-refractivity contribution in [3.8, 4) is 0 Å². The molecule has 0 aliphatic carbocycles. The van der Waals surface area contributed by atoms with Crippen molar-refractivity contribution in [1.29, 1.82) is 0 Å². The van der Waals surface area contributed by atoms with Gasteiger partial charge in [0.2, 0.25) is 5.91 Å². The molecule has 2 rings (SSSR count). The number of fused-ring (bicyclic) bond motifs is 1. The summed E-state index contributed by atoms with van der Waals surface area (Å²) in [4.78, 5) is 21.6. The van der Waals surface area contributed by atoms with Gasteiger partial charge in [0, 0.05) is 24.7 Å². The Morgan fingerprint density at radius 1 is 1.17 bits per heavy atom. The summed E-state index contributed by atoms with van der Waals surface area (Å²) in [6, 6.07) is 0.169. The highest BCUT2D eigenvalue weighted by Gasteiger charge is 2.40. The van der Waals surface area contributed by atoms with Gasteiger partial charge in [-0.05, 0) is 16.4 Å². The molecule has 1 amide bonds. The van der Waals surface area contributed by atoms with Gasteiger partial charge in [-0.3, -0.25) is 9.79 Å². The smallest absolute Gasteiger partial charge is 0.225 e. The fraction of sp³-hybridized carbons (Fsp3) is 0.789. The maximum atomic E-state index is 12.5. The van der Waals surface area contributed by atoms with Gasteiger partial charge in [0.1, 0.15) is 0 Å². The molecular formula is C19H33N3O. The lowest BCUT2D eigenvalue weighted by molar-refractivity contribution is -0.135. The van der Waals surface area contributed by atoms with E-state index in [2.05, 4.69) is 46.4 Å². The zero-order valence-corrected chi connectivity index (χ0v) is 16.1. The number of amides is 1. The highest BCUT2D eigenvalue weighted by Crippen LogP contribution is 2.42. The third kappa shape index (κ3) is 3.61. The first-order valence-corrected chi connectivity index (χ1v) is 8.75. The Kier molecular flexibility index (Phi) is 4.67. The van der Waals surface area contributed by atoms with Crippen LogP contribution in [0.3, 0.4) is 0 Å². The van der Waals surface area contributed by atoms with E-state index in [1.807, 2.05) is 25.1 Å². The molecule has 2 aliphatic heterocycles. The standard InChI is InChI=1S/C19H33N3O/c1-13(2)17(23)21-9-10-22-12-20-16(19(6,7)8)15(14(22)11-21)18(3,4)5/h12-13,16H,9-11H2,1-8H3. The maximum Gasteiger partial charge on any atom is 0.225 e. The summed E-state index contributed by atoms with van der Waals surface area (Å²) in [6.07, 6.45) is 2.00. The summed E-state index contributed by atoms with van der Waals surface area (Å²) in [5.41, 5.74) is 2.77. The second-order valence-electron chi connectivity index (χ2n) is 9.25. The molecular weight excluding hydrogens is 286 g/mol. The number of rotatable bonds is 1. The highest BCUT2D eigenvalue weighted by molar-refractivity contribution is 5.79. The van der Waals surface area contributed by atoms with Crippen molar-refractivity contribution in [2.45, 2.75) is 61.4 Å². The molecule has 23 heavy (non-hydrogen) atoms. The zero-order valence-electron chi connectivity index (χ0n) is 16.1. The molecule has 2 heterocycles. The molecule has 1 saturated heterocycles. The molecule has 0 radical (unpaired) electrons. The molecule has 0 aromatic carbocycles. The average Bonchev–Trinajstić information content (AvgIpc) is 2.42. The van der Waals surface area contributed by atoms with Gasteiger partial charge in [0.25, 0.3) is 0 Å². The van der Waals surface area contributed by atoms with E-state index >= 15 is 0 Å². The van der Waals surface area contributed by atoms with Crippen LogP contribution in [0.25, 0.3) is 0 Å². The number of hydrogen-bond acceptors (Lipinski definition) is 3. The summed E-state index contributed by atoms with van der Waals surface area (Å²) >= 11 is 0. The molecule has 4 nitrogen and oxygen atoms in total. The minimum Gasteiger partial charge on any atom is -0.335 e. The minimum atomic E-state index is 0.0349. The Bertz CT molecular complexity index is 532. The van der Waals surface area contributed by atoms with Gasteiger partial charge in [-0.25, -0.2) is 0 Å². The van der Waals surface area contributed by atoms with E-state index in [0.717, 1.165) is 13.1 Å². The highest BCUT2D eigenvalue weighted by atomic mass is 16.2. The largest absolute Gasteiger partial charge is 0.335 e. The number of hydrogen-bond donors (Lipinski definition) is 0. The fourth-order valence-corrected chi connectivity index (χ4v) is 3.51. The van der Waals surface area contributed by atoms with E-state index < -0.39 is 0 Å². The van der Waals surface area contributed by atoms with Crippen LogP contribution in [-0.4, -0.2) is 47.7 Å². The number of carbonyl (C=O) groups is 1. The van der Waals surface area contributed by atoms with Crippen LogP contribution in [0.5, 0.6) is 0 Å². The van der Waals surface area contributed by atoms with Crippen LogP contribution in [-0.2, 0) is 4.79 Å². The third-order valence-corrected chi connectivity index (χ3v) is 4.67. The molecule has 0 aromatic heterocycles. The lowest BCUT2D eigenvalue weighted by Crippen LogP contribution is -2.52. The van der Waals surface area contributed by atoms with Crippen LogP contribution in [0.2, 0.25) is 0 Å². The molecule has 0 N–H and O–H groups in total. The third-order valence-electron chi connectivity index (χ3n) is 4.67. The first kappa shape index (κ1) is 18.0. The van der Waals surface area contributed by atoms with Gasteiger partial charge in [-0.2, -0.15) is 0 Å². The van der Waals surface area contributed by atoms with Crippen molar-refractivity contribution < 1.29 is 4.79 Å². The second-order valence-corrected chi connectivity index (χ2v) is 9.25. The maximum absolute atomic E-state index is 12.5. The van der Waals surface area contributed by atoms with Crippen LogP contribution >= 0.6 is 0 Å². The Labute approximate surface area is 141 Å². The molecule has 1 atom stereocenters. The summed E-state index contributed by atoms with van der Waals surface area (Å²) in [5, 5.41) is 0. The quantitative estimate of drug-likeness (QED) is 0.741. The van der Waals surface area contributed by atoms with Crippen LogP contribution in [0, 0.1) is 16.7 Å². The number of aliphatic imine (C=N–C) groups is 1. The molecule has 0 aromatic rings. The Morgan fingerprint density at radius 2 is 1.78 bits per heavy atom. The number of piperazine rings is 1. The summed E-state index contributed by atoms with van der Waals surface area (Å²) in [6.45, 7) is 19.8. The molecule has 0 spiro atoms. The van der Waals surface area contributed by atoms with Crippen molar-refractivity contribution in [3.63, 3.8) is 0 Å². The second kappa shape index (κ2) is 5.95. The lowest BCUT2D eigenvalue weighted by atomic mass is 9.71. The first-order chi connectivity index (χ1) is 10.4. The summed E-state index contributed by atoms with van der Waals surface area (Å²) in [5.74, 6) is 0.302. The Hall–Kier alpha value is -1.32. The van der Waals surface area contributed by atoms with E-state index in [4.69, 9.17) is 4.99 Å². The molecule has 1 fully saturated rings. The van der Waals surface area contributed by atoms with Crippen molar-refractivity contribution in [3.05, 3.63) is 11.3 Å². The SMILES string of the molecule is CC(C)C(=O)N1CCN2C=NC(C(C)(C)C)C(C(C)(C)C)=C2C1. The van der Waals surface area contributed by atoms with Crippen LogP contribution in [0.1, 0.15) is 55.4 Å². The molecule has 0 saturated carbocycles. The minimum absolute atomic E-state index is 0.0349. The van der Waals surface area contributed by atoms with E-state index in [-0.39, 0.29) is 28.7 Å². The molecule has 1 unspecified atom stereocenters. The first-order valence-electron chi connectivity index (χ1n) is 8.75. The topological polar surface area (TPSA) is 35.9 Å². The van der Waals surface area contributed by atoms with Gasteiger partial charge in [0.15, 0.2) is 0 Å². The molecule has 0 bridgehead atoms. The summed E-state index contributed by atoms with van der Waals surface area (Å²) < 4.78 is 0. The van der Waals surface area contributed by atoms with Gasteiger partial charge in [-0.1, -0.05) is 55.4 Å². The molecule has 2 aliphatic rings.